The molecule has 4 heterocycles. The molecule has 3 aliphatic rings. The fourth-order valence-electron chi connectivity index (χ4n) is 3.54. The second-order valence-corrected chi connectivity index (χ2v) is 7.15. The van der Waals surface area contributed by atoms with E-state index in [1.54, 1.807) is 11.3 Å². The summed E-state index contributed by atoms with van der Waals surface area (Å²) in [6, 6.07) is 12.0. The van der Waals surface area contributed by atoms with E-state index in [4.69, 9.17) is 4.74 Å². The maximum absolute atomic E-state index is 12.3. The average molecular weight is 365 g/mol. The summed E-state index contributed by atoms with van der Waals surface area (Å²) in [5, 5.41) is 4.92. The van der Waals surface area contributed by atoms with Crippen molar-refractivity contribution in [3.8, 4) is 10.4 Å². The van der Waals surface area contributed by atoms with Gasteiger partial charge in [-0.15, -0.1) is 23.7 Å². The van der Waals surface area contributed by atoms with E-state index in [9.17, 15) is 4.79 Å². The van der Waals surface area contributed by atoms with E-state index in [1.807, 2.05) is 29.6 Å². The minimum Gasteiger partial charge on any atom is -0.444 e. The Morgan fingerprint density at radius 2 is 1.92 bits per heavy atom. The van der Waals surface area contributed by atoms with Gasteiger partial charge in [-0.05, 0) is 48.9 Å². The molecule has 2 bridgehead atoms. The van der Waals surface area contributed by atoms with Crippen molar-refractivity contribution in [2.45, 2.75) is 18.9 Å². The molecule has 1 aromatic heterocycles. The van der Waals surface area contributed by atoms with E-state index in [0.717, 1.165) is 48.6 Å². The lowest BCUT2D eigenvalue weighted by Gasteiger charge is -2.43. The Labute approximate surface area is 152 Å². The topological polar surface area (TPSA) is 41.6 Å². The molecule has 128 valence electrons. The number of ether oxygens (including phenoxy) is 1. The molecule has 1 aromatic carbocycles. The van der Waals surface area contributed by atoms with Crippen LogP contribution in [0, 0.1) is 5.92 Å². The van der Waals surface area contributed by atoms with Crippen molar-refractivity contribution in [1.29, 1.82) is 0 Å². The molecule has 0 aliphatic carbocycles. The third kappa shape index (κ3) is 3.58. The first-order valence-corrected chi connectivity index (χ1v) is 9.00. The number of halogens is 1. The van der Waals surface area contributed by atoms with Crippen LogP contribution in [-0.4, -0.2) is 36.7 Å². The lowest BCUT2D eigenvalue weighted by atomic mass is 9.86. The highest BCUT2D eigenvalue weighted by Gasteiger charge is 2.36. The van der Waals surface area contributed by atoms with E-state index in [2.05, 4.69) is 22.3 Å². The van der Waals surface area contributed by atoms with Crippen LogP contribution in [0.4, 0.5) is 10.5 Å². The molecule has 4 nitrogen and oxygen atoms in total. The highest BCUT2D eigenvalue weighted by molar-refractivity contribution is 7.14. The first-order chi connectivity index (χ1) is 11.3. The molecule has 24 heavy (non-hydrogen) atoms. The van der Waals surface area contributed by atoms with Crippen molar-refractivity contribution in [2.24, 2.45) is 5.92 Å². The first-order valence-electron chi connectivity index (χ1n) is 8.12. The monoisotopic (exact) mass is 364 g/mol. The molecule has 3 aliphatic heterocycles. The summed E-state index contributed by atoms with van der Waals surface area (Å²) in [4.78, 5) is 15.7. The number of amides is 1. The fraction of sp³-hybridized carbons (Fsp3) is 0.389. The molecular formula is C18H21ClN2O2S. The standard InChI is InChI=1S/C18H20N2O2S.ClH/c21-18(22-16-12-20-9-6-13(16)7-10-20)19-15-8-11-23-17(15)14-4-2-1-3-5-14;/h1-5,8,11,13,16H,6-7,9-10,12H2,(H,19,21);1H. The third-order valence-electron chi connectivity index (χ3n) is 4.79. The molecular weight excluding hydrogens is 344 g/mol. The van der Waals surface area contributed by atoms with Crippen LogP contribution >= 0.6 is 23.7 Å². The van der Waals surface area contributed by atoms with Gasteiger partial charge in [-0.1, -0.05) is 30.3 Å². The molecule has 0 saturated carbocycles. The highest BCUT2D eigenvalue weighted by atomic mass is 35.5. The van der Waals surface area contributed by atoms with Gasteiger partial charge in [0.1, 0.15) is 6.10 Å². The van der Waals surface area contributed by atoms with Gasteiger partial charge in [0.05, 0.1) is 10.6 Å². The fourth-order valence-corrected chi connectivity index (χ4v) is 4.40. The zero-order chi connectivity index (χ0) is 15.6. The zero-order valence-corrected chi connectivity index (χ0v) is 14.9. The Kier molecular flexibility index (Phi) is 5.43. The number of carbonyl (C=O) groups excluding carboxylic acids is 1. The van der Waals surface area contributed by atoms with Crippen molar-refractivity contribution in [3.05, 3.63) is 41.8 Å². The summed E-state index contributed by atoms with van der Waals surface area (Å²) in [5.41, 5.74) is 1.94. The number of carbonyl (C=O) groups is 1. The number of hydrogen-bond acceptors (Lipinski definition) is 4. The van der Waals surface area contributed by atoms with Crippen LogP contribution in [0.2, 0.25) is 0 Å². The van der Waals surface area contributed by atoms with Crippen molar-refractivity contribution >= 4 is 35.5 Å². The van der Waals surface area contributed by atoms with Crippen molar-refractivity contribution < 1.29 is 9.53 Å². The smallest absolute Gasteiger partial charge is 0.411 e. The van der Waals surface area contributed by atoms with Crippen molar-refractivity contribution in [1.82, 2.24) is 4.90 Å². The number of benzene rings is 1. The number of piperidine rings is 3. The van der Waals surface area contributed by atoms with Gasteiger partial charge < -0.3 is 4.74 Å². The number of thiophene rings is 1. The van der Waals surface area contributed by atoms with Gasteiger partial charge in [-0.2, -0.15) is 0 Å². The minimum absolute atomic E-state index is 0. The molecule has 5 rings (SSSR count). The predicted molar refractivity (Wildman–Crippen MR) is 100 cm³/mol. The van der Waals surface area contributed by atoms with E-state index in [-0.39, 0.29) is 24.6 Å². The lowest BCUT2D eigenvalue weighted by Crippen LogP contribution is -2.52. The van der Waals surface area contributed by atoms with Gasteiger partial charge in [0, 0.05) is 6.54 Å². The average Bonchev–Trinajstić information content (AvgIpc) is 3.04. The highest BCUT2D eigenvalue weighted by Crippen LogP contribution is 2.34. The molecule has 1 N–H and O–H groups in total. The minimum atomic E-state index is -0.334. The number of nitrogens with zero attached hydrogens (tertiary/aromatic N) is 1. The Hall–Kier alpha value is -1.56. The molecule has 1 amide bonds. The van der Waals surface area contributed by atoms with Crippen LogP contribution in [0.1, 0.15) is 12.8 Å². The van der Waals surface area contributed by atoms with Crippen LogP contribution in [0.15, 0.2) is 41.8 Å². The summed E-state index contributed by atoms with van der Waals surface area (Å²) < 4.78 is 5.70. The van der Waals surface area contributed by atoms with Gasteiger partial charge in [0.15, 0.2) is 0 Å². The quantitative estimate of drug-likeness (QED) is 0.873. The second-order valence-electron chi connectivity index (χ2n) is 6.24. The predicted octanol–water partition coefficient (Wildman–Crippen LogP) is 4.48. The van der Waals surface area contributed by atoms with Gasteiger partial charge in [-0.25, -0.2) is 4.79 Å². The van der Waals surface area contributed by atoms with Gasteiger partial charge >= 0.3 is 6.09 Å². The number of nitrogens with one attached hydrogen (secondary N) is 1. The molecule has 3 fully saturated rings. The number of fused-ring (bicyclic) bond motifs is 3. The summed E-state index contributed by atoms with van der Waals surface area (Å²) in [7, 11) is 0. The molecule has 0 radical (unpaired) electrons. The van der Waals surface area contributed by atoms with Crippen LogP contribution in [0.5, 0.6) is 0 Å². The van der Waals surface area contributed by atoms with Crippen LogP contribution in [0.25, 0.3) is 10.4 Å². The van der Waals surface area contributed by atoms with Crippen molar-refractivity contribution in [2.75, 3.05) is 25.0 Å². The second kappa shape index (κ2) is 7.55. The van der Waals surface area contributed by atoms with E-state index < -0.39 is 0 Å². The lowest BCUT2D eigenvalue weighted by molar-refractivity contribution is -0.0289. The largest absolute Gasteiger partial charge is 0.444 e. The number of hydrogen-bond donors (Lipinski definition) is 1. The van der Waals surface area contributed by atoms with Gasteiger partial charge in [0.2, 0.25) is 0 Å². The zero-order valence-electron chi connectivity index (χ0n) is 13.3. The number of rotatable bonds is 3. The SMILES string of the molecule is Cl.O=C(Nc1ccsc1-c1ccccc1)OC1CN2CCC1CC2. The van der Waals surface area contributed by atoms with Crippen LogP contribution < -0.4 is 5.32 Å². The summed E-state index contributed by atoms with van der Waals surface area (Å²) in [6.45, 7) is 3.18. The van der Waals surface area contributed by atoms with Crippen LogP contribution in [0.3, 0.4) is 0 Å². The Balaban J connectivity index is 0.00000169. The summed E-state index contributed by atoms with van der Waals surface area (Å²) in [6.07, 6.45) is 1.99. The van der Waals surface area contributed by atoms with E-state index in [1.165, 1.54) is 0 Å². The Bertz CT molecular complexity index is 683. The van der Waals surface area contributed by atoms with Crippen molar-refractivity contribution in [3.63, 3.8) is 0 Å². The van der Waals surface area contributed by atoms with Gasteiger partial charge in [-0.3, -0.25) is 10.2 Å². The van der Waals surface area contributed by atoms with Crippen LogP contribution in [-0.2, 0) is 4.74 Å². The third-order valence-corrected chi connectivity index (χ3v) is 5.76. The first kappa shape index (κ1) is 17.3. The molecule has 2 aromatic rings. The normalized spacial score (nSPS) is 24.9. The molecule has 3 saturated heterocycles. The molecule has 1 atom stereocenters. The van der Waals surface area contributed by atoms with E-state index in [0.29, 0.717) is 5.92 Å². The molecule has 0 spiro atoms. The maximum atomic E-state index is 12.3. The Morgan fingerprint density at radius 1 is 1.17 bits per heavy atom. The summed E-state index contributed by atoms with van der Waals surface area (Å²) >= 11 is 1.62. The molecule has 1 unspecified atom stereocenters. The molecule has 6 heteroatoms. The maximum Gasteiger partial charge on any atom is 0.411 e. The van der Waals surface area contributed by atoms with Gasteiger partial charge in [0.25, 0.3) is 0 Å². The Morgan fingerprint density at radius 3 is 2.58 bits per heavy atom. The van der Waals surface area contributed by atoms with E-state index >= 15 is 0 Å². The number of anilines is 1. The summed E-state index contributed by atoms with van der Waals surface area (Å²) in [5.74, 6) is 0.529.